The number of rotatable bonds is 4. The maximum Gasteiger partial charge on any atom is 0.535 e. The monoisotopic (exact) mass is 255 g/mol. The lowest BCUT2D eigenvalue weighted by Crippen LogP contribution is -2.04. The lowest BCUT2D eigenvalue weighted by atomic mass is 10.2. The number of hydrogen-bond donors (Lipinski definition) is 0. The van der Waals surface area contributed by atoms with Gasteiger partial charge >= 0.3 is 6.16 Å². The van der Waals surface area contributed by atoms with E-state index < -0.39 is 6.16 Å². The van der Waals surface area contributed by atoms with Crippen molar-refractivity contribution in [3.8, 4) is 0 Å². The number of nitrogens with zero attached hydrogens (tertiary/aromatic N) is 1. The molecule has 4 nitrogen and oxygen atoms in total. The van der Waals surface area contributed by atoms with Crippen LogP contribution < -0.4 is 0 Å². The van der Waals surface area contributed by atoms with Crippen molar-refractivity contribution in [3.05, 3.63) is 71.8 Å². The fourth-order valence-electron chi connectivity index (χ4n) is 1.41. The van der Waals surface area contributed by atoms with Crippen LogP contribution in [0, 0.1) is 0 Å². The molecule has 0 aliphatic rings. The van der Waals surface area contributed by atoms with Gasteiger partial charge in [0.2, 0.25) is 0 Å². The van der Waals surface area contributed by atoms with E-state index in [4.69, 9.17) is 4.74 Å². The molecule has 2 aromatic rings. The second kappa shape index (κ2) is 6.96. The Bertz CT molecular complexity index is 538. The summed E-state index contributed by atoms with van der Waals surface area (Å²) in [6, 6.07) is 18.7. The van der Waals surface area contributed by atoms with Crippen molar-refractivity contribution < 1.29 is 14.4 Å². The van der Waals surface area contributed by atoms with Crippen molar-refractivity contribution in [1.82, 2.24) is 0 Å². The number of carbonyl (C=O) groups is 1. The van der Waals surface area contributed by atoms with Crippen LogP contribution >= 0.6 is 0 Å². The van der Waals surface area contributed by atoms with Gasteiger partial charge in [0.15, 0.2) is 0 Å². The van der Waals surface area contributed by atoms with Gasteiger partial charge in [-0.05, 0) is 11.1 Å². The molecule has 96 valence electrons. The molecular weight excluding hydrogens is 242 g/mol. The molecule has 0 aliphatic heterocycles. The molecular formula is C15H13NO3. The number of ether oxygens (including phenoxy) is 1. The van der Waals surface area contributed by atoms with Gasteiger partial charge in [-0.1, -0.05) is 65.8 Å². The second-order valence-corrected chi connectivity index (χ2v) is 3.76. The zero-order valence-corrected chi connectivity index (χ0v) is 10.2. The van der Waals surface area contributed by atoms with E-state index in [2.05, 4.69) is 9.99 Å². The summed E-state index contributed by atoms with van der Waals surface area (Å²) in [7, 11) is 0. The standard InChI is InChI=1S/C15H13NO3/c17-15(18-12-14-9-5-2-6-10-14)19-16-11-13-7-3-1-4-8-13/h1-11H,12H2/b16-11+. The third kappa shape index (κ3) is 4.63. The van der Waals surface area contributed by atoms with Crippen LogP contribution in [-0.4, -0.2) is 12.4 Å². The summed E-state index contributed by atoms with van der Waals surface area (Å²) in [5.74, 6) is 0. The van der Waals surface area contributed by atoms with Crippen molar-refractivity contribution in [2.45, 2.75) is 6.61 Å². The van der Waals surface area contributed by atoms with E-state index in [1.165, 1.54) is 6.21 Å². The van der Waals surface area contributed by atoms with Gasteiger partial charge < -0.3 is 4.74 Å². The average Bonchev–Trinajstić information content (AvgIpc) is 2.47. The number of benzene rings is 2. The van der Waals surface area contributed by atoms with Gasteiger partial charge in [0.1, 0.15) is 6.61 Å². The fourth-order valence-corrected chi connectivity index (χ4v) is 1.41. The molecule has 0 saturated carbocycles. The van der Waals surface area contributed by atoms with Crippen molar-refractivity contribution >= 4 is 12.4 Å². The van der Waals surface area contributed by atoms with Crippen LogP contribution in [0.1, 0.15) is 11.1 Å². The molecule has 19 heavy (non-hydrogen) atoms. The van der Waals surface area contributed by atoms with E-state index in [1.54, 1.807) is 0 Å². The van der Waals surface area contributed by atoms with Gasteiger partial charge in [-0.2, -0.15) is 0 Å². The Morgan fingerprint density at radius 1 is 1.00 bits per heavy atom. The van der Waals surface area contributed by atoms with Crippen molar-refractivity contribution in [2.75, 3.05) is 0 Å². The average molecular weight is 255 g/mol. The molecule has 2 aromatic carbocycles. The van der Waals surface area contributed by atoms with Gasteiger partial charge in [0, 0.05) is 0 Å². The van der Waals surface area contributed by atoms with Gasteiger partial charge in [-0.25, -0.2) is 4.79 Å². The molecule has 0 bridgehead atoms. The molecule has 0 amide bonds. The Balaban J connectivity index is 1.75. The molecule has 0 atom stereocenters. The molecule has 0 aliphatic carbocycles. The molecule has 0 radical (unpaired) electrons. The van der Waals surface area contributed by atoms with Crippen LogP contribution in [0.25, 0.3) is 0 Å². The van der Waals surface area contributed by atoms with E-state index in [0.717, 1.165) is 11.1 Å². The minimum absolute atomic E-state index is 0.167. The summed E-state index contributed by atoms with van der Waals surface area (Å²) < 4.78 is 4.89. The highest BCUT2D eigenvalue weighted by Gasteiger charge is 2.03. The molecule has 0 spiro atoms. The van der Waals surface area contributed by atoms with Gasteiger partial charge in [-0.15, -0.1) is 0 Å². The molecule has 0 heterocycles. The van der Waals surface area contributed by atoms with Crippen molar-refractivity contribution in [2.24, 2.45) is 5.16 Å². The Hall–Kier alpha value is -2.62. The van der Waals surface area contributed by atoms with Crippen molar-refractivity contribution in [3.63, 3.8) is 0 Å². The predicted molar refractivity (Wildman–Crippen MR) is 71.7 cm³/mol. The van der Waals surface area contributed by atoms with E-state index in [9.17, 15) is 4.79 Å². The molecule has 0 fully saturated rings. The number of carbonyl (C=O) groups excluding carboxylic acids is 1. The van der Waals surface area contributed by atoms with Crippen LogP contribution in [0.3, 0.4) is 0 Å². The first kappa shape index (κ1) is 12.8. The smallest absolute Gasteiger partial charge is 0.428 e. The quantitative estimate of drug-likeness (QED) is 0.364. The Kier molecular flexibility index (Phi) is 4.70. The topological polar surface area (TPSA) is 47.9 Å². The Labute approximate surface area is 111 Å². The molecule has 0 saturated heterocycles. The maximum atomic E-state index is 11.2. The first-order valence-corrected chi connectivity index (χ1v) is 5.81. The van der Waals surface area contributed by atoms with Crippen molar-refractivity contribution in [1.29, 1.82) is 0 Å². The predicted octanol–water partition coefficient (Wildman–Crippen LogP) is 3.37. The highest BCUT2D eigenvalue weighted by Crippen LogP contribution is 2.01. The summed E-state index contributed by atoms with van der Waals surface area (Å²) in [6.07, 6.45) is 0.625. The van der Waals surface area contributed by atoms with E-state index >= 15 is 0 Å². The summed E-state index contributed by atoms with van der Waals surface area (Å²) in [4.78, 5) is 15.8. The second-order valence-electron chi connectivity index (χ2n) is 3.76. The Morgan fingerprint density at radius 3 is 2.32 bits per heavy atom. The van der Waals surface area contributed by atoms with E-state index in [0.29, 0.717) is 0 Å². The summed E-state index contributed by atoms with van der Waals surface area (Å²) in [6.45, 7) is 0.167. The third-order valence-electron chi connectivity index (χ3n) is 2.33. The first-order valence-electron chi connectivity index (χ1n) is 5.81. The lowest BCUT2D eigenvalue weighted by molar-refractivity contribution is 0.0524. The zero-order chi connectivity index (χ0) is 13.3. The van der Waals surface area contributed by atoms with E-state index in [-0.39, 0.29) is 6.61 Å². The van der Waals surface area contributed by atoms with Crippen LogP contribution in [0.2, 0.25) is 0 Å². The van der Waals surface area contributed by atoms with E-state index in [1.807, 2.05) is 60.7 Å². The highest BCUT2D eigenvalue weighted by atomic mass is 16.8. The highest BCUT2D eigenvalue weighted by molar-refractivity contribution is 5.79. The zero-order valence-electron chi connectivity index (χ0n) is 10.2. The van der Waals surface area contributed by atoms with Crippen LogP contribution in [0.5, 0.6) is 0 Å². The van der Waals surface area contributed by atoms with Crippen LogP contribution in [0.15, 0.2) is 65.8 Å². The first-order chi connectivity index (χ1) is 9.34. The largest absolute Gasteiger partial charge is 0.535 e. The normalized spacial score (nSPS) is 10.3. The minimum Gasteiger partial charge on any atom is -0.428 e. The lowest BCUT2D eigenvalue weighted by Gasteiger charge is -2.01. The third-order valence-corrected chi connectivity index (χ3v) is 2.33. The Morgan fingerprint density at radius 2 is 1.63 bits per heavy atom. The summed E-state index contributed by atoms with van der Waals surface area (Å²) in [5, 5.41) is 3.55. The molecule has 2 rings (SSSR count). The molecule has 0 aromatic heterocycles. The molecule has 4 heteroatoms. The summed E-state index contributed by atoms with van der Waals surface area (Å²) in [5.41, 5.74) is 1.74. The molecule has 0 N–H and O–H groups in total. The van der Waals surface area contributed by atoms with Gasteiger partial charge in [0.25, 0.3) is 0 Å². The van der Waals surface area contributed by atoms with Crippen LogP contribution in [0.4, 0.5) is 4.79 Å². The number of hydrogen-bond acceptors (Lipinski definition) is 4. The van der Waals surface area contributed by atoms with Gasteiger partial charge in [0.05, 0.1) is 6.21 Å². The maximum absolute atomic E-state index is 11.2. The summed E-state index contributed by atoms with van der Waals surface area (Å²) >= 11 is 0. The van der Waals surface area contributed by atoms with Crippen LogP contribution in [-0.2, 0) is 16.2 Å². The minimum atomic E-state index is -0.823. The molecule has 0 unspecified atom stereocenters. The SMILES string of the molecule is O=C(OCc1ccccc1)O/N=C/c1ccccc1. The number of oxime groups is 1. The fraction of sp³-hybridized carbons (Fsp3) is 0.0667. The van der Waals surface area contributed by atoms with Gasteiger partial charge in [-0.3, -0.25) is 4.84 Å².